The molecule has 3 aromatic carbocycles. The largest absolute Gasteiger partial charge is 0.106 e. The van der Waals surface area contributed by atoms with Gasteiger partial charge in [-0.25, -0.2) is 0 Å². The summed E-state index contributed by atoms with van der Waals surface area (Å²) < 4.78 is 0. The minimum absolute atomic E-state index is 1.15. The summed E-state index contributed by atoms with van der Waals surface area (Å²) in [5, 5.41) is 0. The van der Waals surface area contributed by atoms with Gasteiger partial charge in [-0.05, 0) is 68.9 Å². The molecule has 0 atom stereocenters. The quantitative estimate of drug-likeness (QED) is 0.343. The van der Waals surface area contributed by atoms with Crippen LogP contribution in [-0.4, -0.2) is 0 Å². The van der Waals surface area contributed by atoms with Crippen molar-refractivity contribution < 1.29 is 0 Å². The predicted octanol–water partition coefficient (Wildman–Crippen LogP) is 10.0. The lowest BCUT2D eigenvalue weighted by molar-refractivity contribution is 1.09. The summed E-state index contributed by atoms with van der Waals surface area (Å²) in [7, 11) is 0. The van der Waals surface area contributed by atoms with Crippen molar-refractivity contribution >= 4 is 0 Å². The second-order valence-electron chi connectivity index (χ2n) is 6.45. The maximum Gasteiger partial charge on any atom is -0.0305 e. The zero-order chi connectivity index (χ0) is 24.7. The van der Waals surface area contributed by atoms with Crippen LogP contribution in [0.1, 0.15) is 68.0 Å². The van der Waals surface area contributed by atoms with Gasteiger partial charge in [0.05, 0.1) is 0 Å². The fraction of sp³-hybridized carbons (Fsp3) is 0.355. The Kier molecular flexibility index (Phi) is 25.2. The Labute approximate surface area is 195 Å². The van der Waals surface area contributed by atoms with Gasteiger partial charge in [0.2, 0.25) is 0 Å². The molecule has 0 unspecified atom stereocenters. The first-order valence-corrected chi connectivity index (χ1v) is 11.5. The van der Waals surface area contributed by atoms with Crippen LogP contribution in [0.25, 0.3) is 0 Å². The molecule has 0 aliphatic heterocycles. The van der Waals surface area contributed by atoms with E-state index in [1.165, 1.54) is 33.4 Å². The van der Waals surface area contributed by atoms with E-state index in [0.717, 1.165) is 6.42 Å². The third-order valence-corrected chi connectivity index (χ3v) is 4.46. The van der Waals surface area contributed by atoms with Crippen LogP contribution < -0.4 is 0 Å². The normalized spacial score (nSPS) is 8.06. The second kappa shape index (κ2) is 23.7. The molecular formula is C31H48. The van der Waals surface area contributed by atoms with Crippen LogP contribution in [0, 0.1) is 34.6 Å². The van der Waals surface area contributed by atoms with Crippen LogP contribution in [0.5, 0.6) is 0 Å². The molecule has 0 saturated carbocycles. The number of rotatable bonds is 1. The molecular weight excluding hydrogens is 372 g/mol. The average molecular weight is 421 g/mol. The molecule has 0 N–H and O–H groups in total. The van der Waals surface area contributed by atoms with Crippen LogP contribution in [-0.2, 0) is 6.42 Å². The molecule has 172 valence electrons. The highest BCUT2D eigenvalue weighted by atomic mass is 14.0. The first kappa shape index (κ1) is 33.0. The van der Waals surface area contributed by atoms with Gasteiger partial charge in [-0.1, -0.05) is 113 Å². The predicted molar refractivity (Wildman–Crippen MR) is 146 cm³/mol. The van der Waals surface area contributed by atoms with E-state index in [4.69, 9.17) is 0 Å². The zero-order valence-corrected chi connectivity index (χ0v) is 22.0. The van der Waals surface area contributed by atoms with E-state index in [9.17, 15) is 0 Å². The summed E-state index contributed by atoms with van der Waals surface area (Å²) in [5.74, 6) is 0. The number of aryl methyl sites for hydroxylation is 5. The summed E-state index contributed by atoms with van der Waals surface area (Å²) in [4.78, 5) is 0. The summed E-state index contributed by atoms with van der Waals surface area (Å²) in [6.45, 7) is 26.9. The molecule has 0 spiro atoms. The Hall–Kier alpha value is -2.60. The zero-order valence-electron chi connectivity index (χ0n) is 22.0. The molecule has 0 radical (unpaired) electrons. The van der Waals surface area contributed by atoms with Gasteiger partial charge in [0.25, 0.3) is 0 Å². The molecule has 3 rings (SSSR count). The topological polar surface area (TPSA) is 0 Å². The molecule has 0 fully saturated rings. The van der Waals surface area contributed by atoms with Crippen LogP contribution in [0.4, 0.5) is 0 Å². The van der Waals surface area contributed by atoms with Gasteiger partial charge in [0.15, 0.2) is 0 Å². The van der Waals surface area contributed by atoms with Crippen molar-refractivity contribution in [3.8, 4) is 0 Å². The van der Waals surface area contributed by atoms with Gasteiger partial charge in [-0.15, -0.1) is 13.2 Å². The number of hydrogen-bond donors (Lipinski definition) is 0. The van der Waals surface area contributed by atoms with Crippen molar-refractivity contribution in [1.29, 1.82) is 0 Å². The highest BCUT2D eigenvalue weighted by molar-refractivity contribution is 5.32. The van der Waals surface area contributed by atoms with E-state index in [1.54, 1.807) is 0 Å². The summed E-state index contributed by atoms with van der Waals surface area (Å²) in [6.07, 6.45) is 1.15. The van der Waals surface area contributed by atoms with Crippen molar-refractivity contribution in [1.82, 2.24) is 0 Å². The molecule has 0 nitrogen and oxygen atoms in total. The highest BCUT2D eigenvalue weighted by Gasteiger charge is 1.95. The first-order valence-electron chi connectivity index (χ1n) is 11.5. The first-order chi connectivity index (χ1) is 15.0. The van der Waals surface area contributed by atoms with Gasteiger partial charge in [0.1, 0.15) is 0 Å². The van der Waals surface area contributed by atoms with Gasteiger partial charge < -0.3 is 0 Å². The summed E-state index contributed by atoms with van der Waals surface area (Å²) in [6, 6.07) is 25.1. The van der Waals surface area contributed by atoms with Crippen LogP contribution in [0.3, 0.4) is 0 Å². The minimum Gasteiger partial charge on any atom is -0.106 e. The van der Waals surface area contributed by atoms with Crippen molar-refractivity contribution in [2.24, 2.45) is 0 Å². The third-order valence-electron chi connectivity index (χ3n) is 4.46. The van der Waals surface area contributed by atoms with Gasteiger partial charge in [-0.2, -0.15) is 0 Å². The van der Waals surface area contributed by atoms with Crippen molar-refractivity contribution in [2.45, 2.75) is 75.7 Å². The fourth-order valence-electron chi connectivity index (χ4n) is 2.39. The molecule has 0 aromatic heterocycles. The van der Waals surface area contributed by atoms with Gasteiger partial charge in [0, 0.05) is 0 Å². The third kappa shape index (κ3) is 16.8. The van der Waals surface area contributed by atoms with E-state index in [-0.39, 0.29) is 0 Å². The summed E-state index contributed by atoms with van der Waals surface area (Å²) >= 11 is 0. The Morgan fingerprint density at radius 1 is 0.516 bits per heavy atom. The smallest absolute Gasteiger partial charge is 0.0305 e. The maximum absolute atomic E-state index is 3.00. The summed E-state index contributed by atoms with van der Waals surface area (Å²) in [5.41, 5.74) is 8.38. The van der Waals surface area contributed by atoms with Crippen molar-refractivity contribution in [2.75, 3.05) is 0 Å². The van der Waals surface area contributed by atoms with Crippen molar-refractivity contribution in [3.63, 3.8) is 0 Å². The molecule has 31 heavy (non-hydrogen) atoms. The molecule has 3 aromatic rings. The fourth-order valence-corrected chi connectivity index (χ4v) is 2.39. The van der Waals surface area contributed by atoms with E-state index < -0.39 is 0 Å². The van der Waals surface area contributed by atoms with Crippen LogP contribution in [0.15, 0.2) is 86.0 Å². The van der Waals surface area contributed by atoms with Gasteiger partial charge in [-0.3, -0.25) is 0 Å². The minimum atomic E-state index is 1.15. The van der Waals surface area contributed by atoms with Crippen LogP contribution >= 0.6 is 0 Å². The molecule has 0 bridgehead atoms. The van der Waals surface area contributed by atoms with E-state index >= 15 is 0 Å². The Balaban J connectivity index is -0.000000341. The standard InChI is InChI=1S/C10H14.C8H10.C7H8.2C2H6.C2H4/c1-4-10-7-5-6-8(2)9(10)3;1-7-5-3-4-6-8(7)2;1-7-5-3-2-4-6-7;3*1-2/h5-7H,4H2,1-3H3;3-6H,1-2H3;2-6H,1H3;2*1-2H3;1-2H2. The lowest BCUT2D eigenvalue weighted by Crippen LogP contribution is -1.88. The molecule has 0 saturated heterocycles. The lowest BCUT2D eigenvalue weighted by atomic mass is 10.0. The van der Waals surface area contributed by atoms with E-state index in [2.05, 4.69) is 109 Å². The van der Waals surface area contributed by atoms with Gasteiger partial charge >= 0.3 is 0 Å². The van der Waals surface area contributed by atoms with E-state index in [0.29, 0.717) is 0 Å². The molecule has 0 amide bonds. The monoisotopic (exact) mass is 420 g/mol. The SMILES string of the molecule is C=C.CC.CC.CCc1cccc(C)c1C.Cc1ccccc1.Cc1ccccc1C. The molecule has 0 heterocycles. The van der Waals surface area contributed by atoms with E-state index in [1.807, 2.05) is 45.9 Å². The number of hydrogen-bond acceptors (Lipinski definition) is 0. The van der Waals surface area contributed by atoms with Crippen molar-refractivity contribution in [3.05, 3.63) is 119 Å². The maximum atomic E-state index is 3.00. The Bertz CT molecular complexity index is 733. The molecule has 0 aliphatic carbocycles. The lowest BCUT2D eigenvalue weighted by Gasteiger charge is -2.04. The molecule has 0 heteroatoms. The highest BCUT2D eigenvalue weighted by Crippen LogP contribution is 2.12. The molecule has 0 aliphatic rings. The van der Waals surface area contributed by atoms with Crippen LogP contribution in [0.2, 0.25) is 0 Å². The average Bonchev–Trinajstić information content (AvgIpc) is 2.83. The second-order valence-corrected chi connectivity index (χ2v) is 6.45. The Morgan fingerprint density at radius 3 is 1.19 bits per heavy atom. The number of benzene rings is 3. The Morgan fingerprint density at radius 2 is 0.903 bits per heavy atom.